The maximum atomic E-state index is 6.46. The lowest BCUT2D eigenvalue weighted by atomic mass is 10.1. The second-order valence-electron chi connectivity index (χ2n) is 7.75. The van der Waals surface area contributed by atoms with Crippen molar-refractivity contribution in [3.05, 3.63) is 47.9 Å². The Labute approximate surface area is 209 Å². The molecule has 0 saturated carbocycles. The third-order valence-corrected chi connectivity index (χ3v) is 5.97. The number of fused-ring (bicyclic) bond motifs is 2. The number of likely N-dealkylation sites (tertiary alicyclic amines) is 1. The average Bonchev–Trinajstić information content (AvgIpc) is 3.17. The quantitative estimate of drug-likeness (QED) is 0.347. The second kappa shape index (κ2) is 10.7. The summed E-state index contributed by atoms with van der Waals surface area (Å²) in [6, 6.07) is 9.56. The van der Waals surface area contributed by atoms with Gasteiger partial charge in [0.1, 0.15) is 36.0 Å². The number of hydrogen-bond acceptors (Lipinski definition) is 7. The average molecular weight is 512 g/mol. The van der Waals surface area contributed by atoms with Gasteiger partial charge in [-0.05, 0) is 32.0 Å². The lowest BCUT2D eigenvalue weighted by Gasteiger charge is -2.29. The lowest BCUT2D eigenvalue weighted by Crippen LogP contribution is -2.35. The Morgan fingerprint density at radius 1 is 1.15 bits per heavy atom. The molecule has 1 fully saturated rings. The smallest absolute Gasteiger partial charge is 0.158 e. The number of ether oxygens (including phenoxy) is 2. The molecule has 0 unspecified atom stereocenters. The minimum Gasteiger partial charge on any atom is -0.497 e. The number of piperidine rings is 1. The van der Waals surface area contributed by atoms with Crippen LogP contribution in [-0.2, 0) is 0 Å². The van der Waals surface area contributed by atoms with Crippen molar-refractivity contribution >= 4 is 69.8 Å². The molecule has 0 amide bonds. The van der Waals surface area contributed by atoms with Gasteiger partial charge in [0.15, 0.2) is 5.58 Å². The fraction of sp³-hybridized carbons (Fsp3) is 0.304. The maximum absolute atomic E-state index is 6.46. The third-order valence-electron chi connectivity index (χ3n) is 5.68. The topological polar surface area (TPSA) is 72.7 Å². The van der Waals surface area contributed by atoms with E-state index < -0.39 is 0 Å². The fourth-order valence-electron chi connectivity index (χ4n) is 3.97. The first-order valence-corrected chi connectivity index (χ1v) is 10.6. The molecule has 1 saturated heterocycles. The Kier molecular flexibility index (Phi) is 8.13. The summed E-state index contributed by atoms with van der Waals surface area (Å²) in [6.07, 6.45) is 5.13. The van der Waals surface area contributed by atoms with Gasteiger partial charge in [-0.1, -0.05) is 17.7 Å². The Morgan fingerprint density at radius 2 is 1.94 bits per heavy atom. The molecule has 0 spiro atoms. The van der Waals surface area contributed by atoms with Crippen LogP contribution in [-0.4, -0.2) is 48.2 Å². The molecule has 0 atom stereocenters. The van der Waals surface area contributed by atoms with E-state index in [1.165, 1.54) is 12.6 Å². The monoisotopic (exact) mass is 510 g/mol. The van der Waals surface area contributed by atoms with Crippen LogP contribution in [0.1, 0.15) is 12.8 Å². The fourth-order valence-corrected chi connectivity index (χ4v) is 4.16. The standard InChI is InChI=1S/C23H23ClN4O3.2ClH/c1-28-8-6-14(7-9-28)31-20-11-15(29-2)10-19-21(20)23(26-13-25-19)27-18-5-3-4-16-17(24)12-30-22(16)18;;/h3-5,10-14H,6-9H2,1-2H3,(H,25,26,27);2*1H. The molecule has 176 valence electrons. The highest BCUT2D eigenvalue weighted by molar-refractivity contribution is 6.35. The number of methoxy groups -OCH3 is 1. The number of benzene rings is 2. The largest absolute Gasteiger partial charge is 0.497 e. The summed E-state index contributed by atoms with van der Waals surface area (Å²) in [6.45, 7) is 2.02. The van der Waals surface area contributed by atoms with Gasteiger partial charge in [-0.25, -0.2) is 9.97 Å². The molecule has 2 aromatic carbocycles. The van der Waals surface area contributed by atoms with Crippen LogP contribution >= 0.6 is 36.4 Å². The minimum atomic E-state index is 0. The number of anilines is 2. The van der Waals surface area contributed by atoms with E-state index in [0.717, 1.165) is 47.9 Å². The summed E-state index contributed by atoms with van der Waals surface area (Å²) in [4.78, 5) is 11.3. The van der Waals surface area contributed by atoms with E-state index in [9.17, 15) is 0 Å². The number of rotatable bonds is 5. The van der Waals surface area contributed by atoms with E-state index in [2.05, 4.69) is 27.2 Å². The summed E-state index contributed by atoms with van der Waals surface area (Å²) in [5.74, 6) is 2.03. The number of aromatic nitrogens is 2. The predicted octanol–water partition coefficient (Wildman–Crippen LogP) is 6.10. The molecular weight excluding hydrogens is 487 g/mol. The van der Waals surface area contributed by atoms with Gasteiger partial charge in [-0.15, -0.1) is 24.8 Å². The molecule has 5 rings (SSSR count). The van der Waals surface area contributed by atoms with Crippen molar-refractivity contribution < 1.29 is 13.9 Å². The molecule has 7 nitrogen and oxygen atoms in total. The van der Waals surface area contributed by atoms with Gasteiger partial charge < -0.3 is 24.1 Å². The van der Waals surface area contributed by atoms with Crippen LogP contribution in [0, 0.1) is 0 Å². The summed E-state index contributed by atoms with van der Waals surface area (Å²) in [7, 11) is 3.77. The second-order valence-corrected chi connectivity index (χ2v) is 8.16. The zero-order valence-corrected chi connectivity index (χ0v) is 20.6. The summed E-state index contributed by atoms with van der Waals surface area (Å²) in [5, 5.41) is 5.61. The molecule has 1 N–H and O–H groups in total. The molecule has 10 heteroatoms. The molecular formula is C23H25Cl3N4O3. The molecule has 0 bridgehead atoms. The predicted molar refractivity (Wildman–Crippen MR) is 136 cm³/mol. The molecule has 0 aliphatic carbocycles. The molecule has 0 radical (unpaired) electrons. The van der Waals surface area contributed by atoms with Crippen LogP contribution in [0.3, 0.4) is 0 Å². The summed E-state index contributed by atoms with van der Waals surface area (Å²) < 4.78 is 17.6. The lowest BCUT2D eigenvalue weighted by molar-refractivity contribution is 0.115. The van der Waals surface area contributed by atoms with E-state index in [0.29, 0.717) is 27.9 Å². The van der Waals surface area contributed by atoms with Crippen LogP contribution < -0.4 is 14.8 Å². The van der Waals surface area contributed by atoms with Crippen LogP contribution in [0.5, 0.6) is 11.5 Å². The molecule has 33 heavy (non-hydrogen) atoms. The number of nitrogens with zero attached hydrogens (tertiary/aromatic N) is 3. The van der Waals surface area contributed by atoms with E-state index in [1.54, 1.807) is 7.11 Å². The van der Waals surface area contributed by atoms with Crippen molar-refractivity contribution in [3.8, 4) is 11.5 Å². The van der Waals surface area contributed by atoms with Crippen molar-refractivity contribution in [1.82, 2.24) is 14.9 Å². The van der Waals surface area contributed by atoms with Gasteiger partial charge in [0.2, 0.25) is 0 Å². The van der Waals surface area contributed by atoms with Crippen LogP contribution in [0.2, 0.25) is 5.02 Å². The normalized spacial score (nSPS) is 14.5. The first-order chi connectivity index (χ1) is 15.1. The van der Waals surface area contributed by atoms with Crippen LogP contribution in [0.4, 0.5) is 11.5 Å². The Bertz CT molecular complexity index is 1240. The number of nitrogens with one attached hydrogen (secondary N) is 1. The van der Waals surface area contributed by atoms with E-state index in [4.69, 9.17) is 25.5 Å². The van der Waals surface area contributed by atoms with Crippen molar-refractivity contribution in [2.45, 2.75) is 18.9 Å². The number of furan rings is 1. The summed E-state index contributed by atoms with van der Waals surface area (Å²) in [5.41, 5.74) is 2.18. The van der Waals surface area contributed by atoms with Crippen LogP contribution in [0.25, 0.3) is 21.9 Å². The zero-order valence-electron chi connectivity index (χ0n) is 18.2. The molecule has 1 aliphatic rings. The number of hydrogen-bond donors (Lipinski definition) is 1. The highest BCUT2D eigenvalue weighted by Gasteiger charge is 2.21. The van der Waals surface area contributed by atoms with Gasteiger partial charge in [0.05, 0.1) is 28.7 Å². The van der Waals surface area contributed by atoms with Crippen LogP contribution in [0.15, 0.2) is 47.3 Å². The van der Waals surface area contributed by atoms with Gasteiger partial charge in [-0.3, -0.25) is 0 Å². The van der Waals surface area contributed by atoms with E-state index >= 15 is 0 Å². The highest BCUT2D eigenvalue weighted by Crippen LogP contribution is 2.38. The molecule has 1 aliphatic heterocycles. The molecule has 2 aromatic heterocycles. The Morgan fingerprint density at radius 3 is 2.70 bits per heavy atom. The van der Waals surface area contributed by atoms with Gasteiger partial charge in [0, 0.05) is 30.6 Å². The molecule has 3 heterocycles. The maximum Gasteiger partial charge on any atom is 0.158 e. The SMILES string of the molecule is COc1cc(OC2CCN(C)CC2)c2c(Nc3cccc4c(Cl)coc34)ncnc2c1.Cl.Cl. The highest BCUT2D eigenvalue weighted by atomic mass is 35.5. The number of para-hydroxylation sites is 1. The zero-order chi connectivity index (χ0) is 21.4. The van der Waals surface area contributed by atoms with Crippen molar-refractivity contribution in [1.29, 1.82) is 0 Å². The van der Waals surface area contributed by atoms with Crippen molar-refractivity contribution in [3.63, 3.8) is 0 Å². The first kappa shape index (κ1) is 25.2. The number of halogens is 3. The first-order valence-electron chi connectivity index (χ1n) is 10.2. The third kappa shape index (κ3) is 5.06. The van der Waals surface area contributed by atoms with Crippen molar-refractivity contribution in [2.24, 2.45) is 0 Å². The Hall–Kier alpha value is -2.45. The summed E-state index contributed by atoms with van der Waals surface area (Å²) >= 11 is 6.24. The minimum absolute atomic E-state index is 0. The van der Waals surface area contributed by atoms with E-state index in [-0.39, 0.29) is 30.9 Å². The Balaban J connectivity index is 0.00000153. The van der Waals surface area contributed by atoms with Crippen molar-refractivity contribution in [2.75, 3.05) is 32.6 Å². The van der Waals surface area contributed by atoms with Gasteiger partial charge >= 0.3 is 0 Å². The molecule has 4 aromatic rings. The van der Waals surface area contributed by atoms with Gasteiger partial charge in [0.25, 0.3) is 0 Å². The van der Waals surface area contributed by atoms with E-state index in [1.807, 2.05) is 30.3 Å². The van der Waals surface area contributed by atoms with Gasteiger partial charge in [-0.2, -0.15) is 0 Å².